The van der Waals surface area contributed by atoms with Gasteiger partial charge in [0.25, 0.3) is 5.91 Å². The number of methoxy groups -OCH3 is 1. The average molecular weight is 659 g/mol. The van der Waals surface area contributed by atoms with Crippen LogP contribution >= 0.6 is 23.2 Å². The Morgan fingerprint density at radius 1 is 1.09 bits per heavy atom. The molecule has 0 radical (unpaired) electrons. The third-order valence-corrected chi connectivity index (χ3v) is 9.85. The van der Waals surface area contributed by atoms with Crippen molar-refractivity contribution in [2.45, 2.75) is 62.5 Å². The summed E-state index contributed by atoms with van der Waals surface area (Å²) >= 11 is 12.8. The largest absolute Gasteiger partial charge is 0.496 e. The summed E-state index contributed by atoms with van der Waals surface area (Å²) < 4.78 is 43.1. The molecule has 11 nitrogen and oxygen atoms in total. The molecule has 1 aromatic carbocycles. The lowest BCUT2D eigenvalue weighted by Gasteiger charge is -2.10. The number of carbonyl (C=O) groups excluding carboxylic acids is 1. The molecular formula is C30H29Cl2N5O6S. The van der Waals surface area contributed by atoms with Gasteiger partial charge in [-0.2, -0.15) is 4.98 Å². The zero-order chi connectivity index (χ0) is 30.8. The van der Waals surface area contributed by atoms with Gasteiger partial charge in [-0.3, -0.25) is 9.78 Å². The Kier molecular flexibility index (Phi) is 8.75. The first-order valence-electron chi connectivity index (χ1n) is 14.3. The molecule has 2 aliphatic carbocycles. The Hall–Kier alpha value is -3.74. The Labute approximate surface area is 264 Å². The topological polar surface area (TPSA) is 150 Å². The number of sulfonamides is 1. The maximum Gasteiger partial charge on any atom is 0.268 e. The van der Waals surface area contributed by atoms with Crippen LogP contribution in [0.25, 0.3) is 28.7 Å². The third-order valence-electron chi connectivity index (χ3n) is 7.46. The zero-order valence-electron chi connectivity index (χ0n) is 23.8. The van der Waals surface area contributed by atoms with Gasteiger partial charge in [0.15, 0.2) is 0 Å². The Bertz CT molecular complexity index is 1810. The highest BCUT2D eigenvalue weighted by Crippen LogP contribution is 2.46. The fourth-order valence-corrected chi connectivity index (χ4v) is 6.65. The molecular weight excluding hydrogens is 629 g/mol. The molecule has 6 rings (SSSR count). The molecule has 4 aromatic rings. The number of halogens is 2. The first-order chi connectivity index (χ1) is 21.2. The second-order valence-electron chi connectivity index (χ2n) is 10.8. The molecule has 2 aliphatic rings. The van der Waals surface area contributed by atoms with E-state index in [2.05, 4.69) is 31.1 Å². The highest BCUT2D eigenvalue weighted by Gasteiger charge is 2.37. The second kappa shape index (κ2) is 12.7. The van der Waals surface area contributed by atoms with Gasteiger partial charge >= 0.3 is 0 Å². The number of rotatable bonds is 13. The smallest absolute Gasteiger partial charge is 0.268 e. The van der Waals surface area contributed by atoms with E-state index in [1.54, 1.807) is 12.1 Å². The Balaban J connectivity index is 1.07. The van der Waals surface area contributed by atoms with E-state index >= 15 is 0 Å². The second-order valence-corrected chi connectivity index (χ2v) is 13.6. The SMILES string of the molecule is COc1ccc(-c2noc(CCCC/C=C/c3c(-c4c(Cl)cncc4Cl)noc3C3CC3)n2)cc1C(=O)NS(=O)(=O)C1CC1. The van der Waals surface area contributed by atoms with Gasteiger partial charge in [-0.05, 0) is 63.1 Å². The molecule has 2 fully saturated rings. The zero-order valence-corrected chi connectivity index (χ0v) is 26.1. The minimum atomic E-state index is -3.71. The van der Waals surface area contributed by atoms with E-state index in [4.69, 9.17) is 37.0 Å². The Morgan fingerprint density at radius 2 is 1.86 bits per heavy atom. The summed E-state index contributed by atoms with van der Waals surface area (Å²) in [6, 6.07) is 4.76. The number of hydrogen-bond acceptors (Lipinski definition) is 10. The molecule has 44 heavy (non-hydrogen) atoms. The summed E-state index contributed by atoms with van der Waals surface area (Å²) in [6.07, 6.45) is 13.4. The highest BCUT2D eigenvalue weighted by molar-refractivity contribution is 7.91. The summed E-state index contributed by atoms with van der Waals surface area (Å²) in [4.78, 5) is 21.3. The molecule has 2 saturated carbocycles. The van der Waals surface area contributed by atoms with Gasteiger partial charge in [-0.15, -0.1) is 0 Å². The van der Waals surface area contributed by atoms with Crippen molar-refractivity contribution in [2.24, 2.45) is 0 Å². The molecule has 0 aliphatic heterocycles. The van der Waals surface area contributed by atoms with Crippen LogP contribution in [0.3, 0.4) is 0 Å². The number of nitrogens with one attached hydrogen (secondary N) is 1. The van der Waals surface area contributed by atoms with Crippen molar-refractivity contribution in [2.75, 3.05) is 7.11 Å². The summed E-state index contributed by atoms with van der Waals surface area (Å²) in [6.45, 7) is 0. The van der Waals surface area contributed by atoms with E-state index in [0.29, 0.717) is 63.8 Å². The van der Waals surface area contributed by atoms with Crippen molar-refractivity contribution in [1.82, 2.24) is 25.0 Å². The first kappa shape index (κ1) is 30.3. The van der Waals surface area contributed by atoms with Gasteiger partial charge in [0.1, 0.15) is 17.2 Å². The predicted octanol–water partition coefficient (Wildman–Crippen LogP) is 6.63. The van der Waals surface area contributed by atoms with Crippen molar-refractivity contribution in [3.63, 3.8) is 0 Å². The molecule has 14 heteroatoms. The average Bonchev–Trinajstić information content (AvgIpc) is 3.94. The molecule has 0 saturated heterocycles. The molecule has 0 spiro atoms. The number of nitrogens with zero attached hydrogens (tertiary/aromatic N) is 4. The van der Waals surface area contributed by atoms with Crippen LogP contribution in [0.15, 0.2) is 45.7 Å². The van der Waals surface area contributed by atoms with E-state index in [1.165, 1.54) is 25.6 Å². The number of amides is 1. The summed E-state index contributed by atoms with van der Waals surface area (Å²) in [5.41, 5.74) is 2.69. The molecule has 1 N–H and O–H groups in total. The normalized spacial score (nSPS) is 15.2. The lowest BCUT2D eigenvalue weighted by atomic mass is 10.0. The van der Waals surface area contributed by atoms with Crippen LogP contribution < -0.4 is 9.46 Å². The summed E-state index contributed by atoms with van der Waals surface area (Å²) in [7, 11) is -2.31. The van der Waals surface area contributed by atoms with Crippen molar-refractivity contribution in [3.05, 3.63) is 69.5 Å². The monoisotopic (exact) mass is 657 g/mol. The van der Waals surface area contributed by atoms with Crippen molar-refractivity contribution >= 4 is 45.2 Å². The number of unbranched alkanes of at least 4 members (excludes halogenated alkanes) is 2. The first-order valence-corrected chi connectivity index (χ1v) is 16.6. The van der Waals surface area contributed by atoms with Gasteiger partial charge < -0.3 is 13.8 Å². The summed E-state index contributed by atoms with van der Waals surface area (Å²) in [5.74, 6) is 1.44. The molecule has 0 bridgehead atoms. The maximum absolute atomic E-state index is 12.8. The quantitative estimate of drug-likeness (QED) is 0.155. The van der Waals surface area contributed by atoms with Gasteiger partial charge in [0, 0.05) is 41.4 Å². The fraction of sp³-hybridized carbons (Fsp3) is 0.367. The van der Waals surface area contributed by atoms with E-state index in [-0.39, 0.29) is 11.3 Å². The Morgan fingerprint density at radius 3 is 2.57 bits per heavy atom. The van der Waals surface area contributed by atoms with Crippen LogP contribution in [-0.2, 0) is 16.4 Å². The van der Waals surface area contributed by atoms with Gasteiger partial charge in [-0.25, -0.2) is 13.1 Å². The molecule has 3 aromatic heterocycles. The van der Waals surface area contributed by atoms with Crippen molar-refractivity contribution in [3.8, 4) is 28.4 Å². The molecule has 1 amide bonds. The molecule has 0 unspecified atom stereocenters. The van der Waals surface area contributed by atoms with Gasteiger partial charge in [-0.1, -0.05) is 45.7 Å². The predicted molar refractivity (Wildman–Crippen MR) is 164 cm³/mol. The molecule has 0 atom stereocenters. The van der Waals surface area contributed by atoms with Crippen LogP contribution in [0.1, 0.15) is 78.4 Å². The third kappa shape index (κ3) is 6.67. The van der Waals surface area contributed by atoms with Crippen LogP contribution in [0.2, 0.25) is 10.0 Å². The lowest BCUT2D eigenvalue weighted by Crippen LogP contribution is -2.33. The maximum atomic E-state index is 12.8. The number of pyridine rings is 1. The van der Waals surface area contributed by atoms with Gasteiger partial charge in [0.2, 0.25) is 21.7 Å². The van der Waals surface area contributed by atoms with Crippen molar-refractivity contribution < 1.29 is 27.0 Å². The molecule has 3 heterocycles. The number of aromatic nitrogens is 4. The van der Waals surface area contributed by atoms with Crippen molar-refractivity contribution in [1.29, 1.82) is 0 Å². The minimum absolute atomic E-state index is 0.0710. The highest BCUT2D eigenvalue weighted by atomic mass is 35.5. The number of benzene rings is 1. The fourth-order valence-electron chi connectivity index (χ4n) is 4.81. The standard InChI is InChI=1S/C30H29Cl2N5O6S/c1-41-24-13-10-18(14-21(24)30(38)37-44(39,40)19-11-12-19)29-34-25(42-36-29)7-5-3-2-4-6-20-27(35-43-28(20)17-8-9-17)26-22(31)15-33-16-23(26)32/h4,6,10,13-17,19H,2-3,5,7-9,11-12H2,1H3,(H,37,38)/b6-4+. The van der Waals surface area contributed by atoms with E-state index in [0.717, 1.165) is 43.4 Å². The van der Waals surface area contributed by atoms with E-state index in [9.17, 15) is 13.2 Å². The number of allylic oxidation sites excluding steroid dienone is 1. The number of hydrogen-bond donors (Lipinski definition) is 1. The van der Waals surface area contributed by atoms with Crippen LogP contribution in [-0.4, -0.2) is 47.0 Å². The van der Waals surface area contributed by atoms with Gasteiger partial charge in [0.05, 0.1) is 28.0 Å². The van der Waals surface area contributed by atoms with Crippen LogP contribution in [0, 0.1) is 0 Å². The number of carbonyl (C=O) groups is 1. The van der Waals surface area contributed by atoms with Crippen LogP contribution in [0.4, 0.5) is 0 Å². The number of aryl methyl sites for hydroxylation is 1. The van der Waals surface area contributed by atoms with E-state index < -0.39 is 21.2 Å². The van der Waals surface area contributed by atoms with Crippen LogP contribution in [0.5, 0.6) is 5.75 Å². The molecule has 230 valence electrons. The summed E-state index contributed by atoms with van der Waals surface area (Å²) in [5, 5.41) is 8.65. The number of ether oxygens (including phenoxy) is 1. The minimum Gasteiger partial charge on any atom is -0.496 e. The lowest BCUT2D eigenvalue weighted by molar-refractivity contribution is 0.0978. The van der Waals surface area contributed by atoms with E-state index in [1.807, 2.05) is 6.08 Å².